The topological polar surface area (TPSA) is 26.3 Å². The van der Waals surface area contributed by atoms with E-state index in [0.29, 0.717) is 0 Å². The van der Waals surface area contributed by atoms with Gasteiger partial charge in [0.05, 0.1) is 0 Å². The Kier molecular flexibility index (Phi) is 9.11. The van der Waals surface area contributed by atoms with E-state index in [1.165, 1.54) is 12.8 Å². The average molecular weight is 163 g/mol. The first-order valence-electron chi connectivity index (χ1n) is 3.75. The summed E-state index contributed by atoms with van der Waals surface area (Å²) in [6.45, 7) is 0.861. The summed E-state index contributed by atoms with van der Waals surface area (Å²) in [4.78, 5) is 0. The molecule has 0 amide bonds. The predicted molar refractivity (Wildman–Crippen MR) is 44.2 cm³/mol. The van der Waals surface area contributed by atoms with Crippen LogP contribution >= 0.6 is 8.46 Å². The Bertz CT molecular complexity index is 76.0. The van der Waals surface area contributed by atoms with Crippen molar-refractivity contribution in [3.05, 3.63) is 0 Å². The molecule has 0 fully saturated rings. The first kappa shape index (κ1) is 10.1. The van der Waals surface area contributed by atoms with Crippen LogP contribution in [0.5, 0.6) is 0 Å². The quantitative estimate of drug-likeness (QED) is 0.425. The summed E-state index contributed by atoms with van der Waals surface area (Å²) < 4.78 is 14.9. The van der Waals surface area contributed by atoms with Gasteiger partial charge in [0.25, 0.3) is 0 Å². The molecule has 0 heterocycles. The van der Waals surface area contributed by atoms with Crippen molar-refractivity contribution in [3.8, 4) is 0 Å². The summed E-state index contributed by atoms with van der Waals surface area (Å²) in [6.07, 6.45) is 5.51. The van der Waals surface area contributed by atoms with E-state index in [9.17, 15) is 4.57 Å². The van der Waals surface area contributed by atoms with Gasteiger partial charge < -0.3 is 4.74 Å². The van der Waals surface area contributed by atoms with Gasteiger partial charge in [-0.1, -0.05) is 11.0 Å². The van der Waals surface area contributed by atoms with Crippen molar-refractivity contribution in [1.29, 1.82) is 0 Å². The van der Waals surface area contributed by atoms with Gasteiger partial charge in [0.1, 0.15) is 6.16 Å². The van der Waals surface area contributed by atoms with Gasteiger partial charge in [0.15, 0.2) is 0 Å². The van der Waals surface area contributed by atoms with Crippen molar-refractivity contribution < 1.29 is 9.30 Å². The number of rotatable bonds is 7. The molecule has 0 aromatic carbocycles. The van der Waals surface area contributed by atoms with Crippen LogP contribution in [0.4, 0.5) is 0 Å². The number of methoxy groups -OCH3 is 1. The molecule has 0 bridgehead atoms. The van der Waals surface area contributed by atoms with E-state index >= 15 is 0 Å². The molecule has 0 N–H and O–H groups in total. The maximum atomic E-state index is 10.0. The average Bonchev–Trinajstić information content (AvgIpc) is 1.97. The summed E-state index contributed by atoms with van der Waals surface area (Å²) in [5.74, 6) is 0. The van der Waals surface area contributed by atoms with Crippen LogP contribution in [0.2, 0.25) is 0 Å². The third-order valence-corrected chi connectivity index (χ3v) is 1.93. The maximum Gasteiger partial charge on any atom is 0.324 e. The second-order valence-electron chi connectivity index (χ2n) is 2.30. The lowest BCUT2D eigenvalue weighted by atomic mass is 10.2. The number of hydrogen-bond donors (Lipinski definition) is 0. The summed E-state index contributed by atoms with van der Waals surface area (Å²) >= 11 is 0. The lowest BCUT2D eigenvalue weighted by Gasteiger charge is -1.95. The summed E-state index contributed by atoms with van der Waals surface area (Å²) in [5, 5.41) is 0. The highest BCUT2D eigenvalue weighted by molar-refractivity contribution is 7.23. The Morgan fingerprint density at radius 1 is 1.20 bits per heavy atom. The summed E-state index contributed by atoms with van der Waals surface area (Å²) in [7, 11) is 1.61. The fourth-order valence-corrected chi connectivity index (χ4v) is 1.19. The van der Waals surface area contributed by atoms with Gasteiger partial charge in [-0.15, -0.1) is 0 Å². The van der Waals surface area contributed by atoms with Crippen molar-refractivity contribution in [1.82, 2.24) is 0 Å². The smallest absolute Gasteiger partial charge is 0.324 e. The van der Waals surface area contributed by atoms with E-state index in [2.05, 4.69) is 0 Å². The van der Waals surface area contributed by atoms with Crippen LogP contribution in [0, 0.1) is 0 Å². The molecule has 0 aliphatic carbocycles. The van der Waals surface area contributed by atoms with Crippen LogP contribution in [0.1, 0.15) is 25.7 Å². The first-order valence-corrected chi connectivity index (χ1v) is 4.87. The zero-order valence-electron chi connectivity index (χ0n) is 6.56. The molecular formula is C7H16O2P+. The Labute approximate surface area is 64.2 Å². The van der Waals surface area contributed by atoms with E-state index in [1.54, 1.807) is 7.11 Å². The van der Waals surface area contributed by atoms with Crippen molar-refractivity contribution in [2.75, 3.05) is 19.9 Å². The largest absolute Gasteiger partial charge is 0.385 e. The Morgan fingerprint density at radius 2 is 1.90 bits per heavy atom. The molecular weight excluding hydrogens is 147 g/mol. The van der Waals surface area contributed by atoms with E-state index < -0.39 is 0 Å². The molecule has 2 nitrogen and oxygen atoms in total. The van der Waals surface area contributed by atoms with E-state index in [-0.39, 0.29) is 8.46 Å². The third kappa shape index (κ3) is 8.06. The number of unbranched alkanes of at least 4 members (excludes halogenated alkanes) is 3. The van der Waals surface area contributed by atoms with Gasteiger partial charge in [-0.3, -0.25) is 0 Å². The molecule has 0 aromatic rings. The van der Waals surface area contributed by atoms with Crippen LogP contribution < -0.4 is 0 Å². The Morgan fingerprint density at radius 3 is 2.50 bits per heavy atom. The lowest BCUT2D eigenvalue weighted by molar-refractivity contribution is 0.192. The predicted octanol–water partition coefficient (Wildman–Crippen LogP) is 2.22. The SMILES string of the molecule is COCCCCCC[PH+]=O. The number of hydrogen-bond acceptors (Lipinski definition) is 2. The molecule has 10 heavy (non-hydrogen) atoms. The van der Waals surface area contributed by atoms with Gasteiger partial charge in [0.2, 0.25) is 0 Å². The fraction of sp³-hybridized carbons (Fsp3) is 1.00. The molecule has 0 aliphatic heterocycles. The Hall–Kier alpha value is 0.0600. The molecule has 1 unspecified atom stereocenters. The molecule has 0 aliphatic rings. The minimum atomic E-state index is -0.111. The van der Waals surface area contributed by atoms with Crippen LogP contribution in [-0.4, -0.2) is 19.9 Å². The summed E-state index contributed by atoms with van der Waals surface area (Å²) in [5.41, 5.74) is 0. The molecule has 3 heteroatoms. The highest BCUT2D eigenvalue weighted by Gasteiger charge is 1.92. The van der Waals surface area contributed by atoms with Crippen LogP contribution in [0.25, 0.3) is 0 Å². The van der Waals surface area contributed by atoms with E-state index in [0.717, 1.165) is 25.6 Å². The van der Waals surface area contributed by atoms with Crippen molar-refractivity contribution >= 4 is 8.46 Å². The second-order valence-corrected chi connectivity index (χ2v) is 3.09. The standard InChI is InChI=1S/C7H15O2P/c1-9-6-4-2-3-5-7-10-8/h2-7H2,1H3/p+1. The first-order chi connectivity index (χ1) is 4.91. The zero-order valence-corrected chi connectivity index (χ0v) is 7.56. The lowest BCUT2D eigenvalue weighted by Crippen LogP contribution is -1.88. The van der Waals surface area contributed by atoms with Gasteiger partial charge in [0, 0.05) is 13.7 Å². The molecule has 0 rings (SSSR count). The van der Waals surface area contributed by atoms with Crippen molar-refractivity contribution in [3.63, 3.8) is 0 Å². The number of ether oxygens (including phenoxy) is 1. The molecule has 60 valence electrons. The molecule has 0 saturated heterocycles. The zero-order chi connectivity index (χ0) is 7.66. The second kappa shape index (κ2) is 9.06. The highest BCUT2D eigenvalue weighted by atomic mass is 31.1. The van der Waals surface area contributed by atoms with Gasteiger partial charge in [-0.25, -0.2) is 0 Å². The summed E-state index contributed by atoms with van der Waals surface area (Å²) in [6, 6.07) is 0. The molecule has 0 saturated carbocycles. The van der Waals surface area contributed by atoms with Crippen LogP contribution in [0.3, 0.4) is 0 Å². The third-order valence-electron chi connectivity index (χ3n) is 1.38. The minimum absolute atomic E-state index is 0.111. The fourth-order valence-electron chi connectivity index (χ4n) is 0.797. The van der Waals surface area contributed by atoms with E-state index in [4.69, 9.17) is 4.74 Å². The normalized spacial score (nSPS) is 10.5. The Balaban J connectivity index is 2.70. The monoisotopic (exact) mass is 163 g/mol. The molecule has 0 aromatic heterocycles. The van der Waals surface area contributed by atoms with Crippen molar-refractivity contribution in [2.24, 2.45) is 0 Å². The van der Waals surface area contributed by atoms with Gasteiger partial charge >= 0.3 is 8.46 Å². The van der Waals surface area contributed by atoms with Crippen LogP contribution in [-0.2, 0) is 9.30 Å². The van der Waals surface area contributed by atoms with E-state index in [1.807, 2.05) is 0 Å². The molecule has 1 atom stereocenters. The minimum Gasteiger partial charge on any atom is -0.385 e. The van der Waals surface area contributed by atoms with Gasteiger partial charge in [-0.05, 0) is 19.3 Å². The molecule has 0 radical (unpaired) electrons. The van der Waals surface area contributed by atoms with Gasteiger partial charge in [-0.2, -0.15) is 0 Å². The van der Waals surface area contributed by atoms with Crippen molar-refractivity contribution in [2.45, 2.75) is 25.7 Å². The maximum absolute atomic E-state index is 10.0. The highest BCUT2D eigenvalue weighted by Crippen LogP contribution is 2.03. The van der Waals surface area contributed by atoms with Crippen LogP contribution in [0.15, 0.2) is 0 Å². The molecule has 0 spiro atoms.